The van der Waals surface area contributed by atoms with Gasteiger partial charge in [0.15, 0.2) is 0 Å². The Bertz CT molecular complexity index is 143. The maximum absolute atomic E-state index is 5.79. The highest BCUT2D eigenvalue weighted by Crippen LogP contribution is 2.16. The van der Waals surface area contributed by atoms with Crippen LogP contribution in [-0.4, -0.2) is 31.2 Å². The monoisotopic (exact) mass is 221 g/mol. The van der Waals surface area contributed by atoms with Crippen LogP contribution in [0.3, 0.4) is 0 Å². The topological polar surface area (TPSA) is 21.3 Å². The lowest BCUT2D eigenvalue weighted by Gasteiger charge is -2.32. The predicted molar refractivity (Wildman–Crippen MR) is 63.1 cm³/mol. The second kappa shape index (κ2) is 7.49. The molecule has 1 N–H and O–H groups in total. The first-order chi connectivity index (χ1) is 6.58. The van der Waals surface area contributed by atoms with Crippen molar-refractivity contribution in [3.8, 4) is 0 Å². The summed E-state index contributed by atoms with van der Waals surface area (Å²) >= 11 is 5.79. The molecule has 0 heterocycles. The fourth-order valence-corrected chi connectivity index (χ4v) is 1.94. The summed E-state index contributed by atoms with van der Waals surface area (Å²) in [4.78, 5) is 0. The minimum absolute atomic E-state index is 0.176. The van der Waals surface area contributed by atoms with Gasteiger partial charge in [0, 0.05) is 31.2 Å². The Balaban J connectivity index is 3.89. The predicted octanol–water partition coefficient (Wildman–Crippen LogP) is 2.80. The first-order valence-corrected chi connectivity index (χ1v) is 5.94. The minimum Gasteiger partial charge on any atom is -0.385 e. The number of methoxy groups -OCH3 is 1. The fraction of sp³-hybridized carbons (Fsp3) is 1.00. The van der Waals surface area contributed by atoms with Crippen LogP contribution < -0.4 is 5.32 Å². The molecule has 0 spiro atoms. The molecule has 0 radical (unpaired) electrons. The van der Waals surface area contributed by atoms with Crippen LogP contribution >= 0.6 is 11.6 Å². The minimum atomic E-state index is 0.176. The third-order valence-corrected chi connectivity index (χ3v) is 2.97. The van der Waals surface area contributed by atoms with Crippen LogP contribution in [0.5, 0.6) is 0 Å². The Labute approximate surface area is 93.4 Å². The Morgan fingerprint density at radius 2 is 2.14 bits per heavy atom. The fourth-order valence-electron chi connectivity index (χ4n) is 1.52. The van der Waals surface area contributed by atoms with Crippen molar-refractivity contribution in [1.29, 1.82) is 0 Å². The van der Waals surface area contributed by atoms with Crippen LogP contribution in [0.4, 0.5) is 0 Å². The molecule has 86 valence electrons. The van der Waals surface area contributed by atoms with Crippen molar-refractivity contribution in [1.82, 2.24) is 5.32 Å². The number of hydrogen-bond donors (Lipinski definition) is 1. The van der Waals surface area contributed by atoms with Crippen molar-refractivity contribution in [2.24, 2.45) is 0 Å². The van der Waals surface area contributed by atoms with E-state index in [2.05, 4.69) is 26.1 Å². The molecule has 2 atom stereocenters. The normalized spacial score (nSPS) is 17.8. The SMILES string of the molecule is CCC(C)(CCCl)NC(C)CCOC. The van der Waals surface area contributed by atoms with E-state index in [1.54, 1.807) is 7.11 Å². The van der Waals surface area contributed by atoms with Gasteiger partial charge in [0.2, 0.25) is 0 Å². The Hall–Kier alpha value is 0.210. The third-order valence-electron chi connectivity index (χ3n) is 2.78. The molecule has 0 fully saturated rings. The summed E-state index contributed by atoms with van der Waals surface area (Å²) in [6, 6.07) is 0.489. The molecule has 0 saturated carbocycles. The van der Waals surface area contributed by atoms with Gasteiger partial charge in [-0.3, -0.25) is 0 Å². The number of rotatable bonds is 8. The van der Waals surface area contributed by atoms with E-state index in [-0.39, 0.29) is 5.54 Å². The van der Waals surface area contributed by atoms with Gasteiger partial charge in [-0.25, -0.2) is 0 Å². The Morgan fingerprint density at radius 1 is 1.50 bits per heavy atom. The molecule has 0 saturated heterocycles. The highest BCUT2D eigenvalue weighted by molar-refractivity contribution is 6.17. The van der Waals surface area contributed by atoms with E-state index >= 15 is 0 Å². The van der Waals surface area contributed by atoms with Crippen molar-refractivity contribution in [3.63, 3.8) is 0 Å². The van der Waals surface area contributed by atoms with Gasteiger partial charge in [-0.2, -0.15) is 0 Å². The molecule has 3 heteroatoms. The van der Waals surface area contributed by atoms with E-state index in [0.29, 0.717) is 11.9 Å². The molecule has 0 aliphatic carbocycles. The van der Waals surface area contributed by atoms with Crippen LogP contribution in [0.25, 0.3) is 0 Å². The number of hydrogen-bond acceptors (Lipinski definition) is 2. The smallest absolute Gasteiger partial charge is 0.0476 e. The van der Waals surface area contributed by atoms with Crippen molar-refractivity contribution in [3.05, 3.63) is 0 Å². The van der Waals surface area contributed by atoms with E-state index in [9.17, 15) is 0 Å². The molecule has 0 aromatic carbocycles. The van der Waals surface area contributed by atoms with Crippen molar-refractivity contribution < 1.29 is 4.74 Å². The molecule has 14 heavy (non-hydrogen) atoms. The first-order valence-electron chi connectivity index (χ1n) is 5.40. The second-order valence-electron chi connectivity index (χ2n) is 4.18. The van der Waals surface area contributed by atoms with Crippen molar-refractivity contribution in [2.45, 2.75) is 51.6 Å². The third kappa shape index (κ3) is 5.84. The number of halogens is 1. The number of alkyl halides is 1. The number of ether oxygens (including phenoxy) is 1. The molecule has 0 amide bonds. The van der Waals surface area contributed by atoms with Crippen LogP contribution in [0.1, 0.15) is 40.0 Å². The molecule has 2 nitrogen and oxygen atoms in total. The van der Waals surface area contributed by atoms with Crippen molar-refractivity contribution >= 4 is 11.6 Å². The first kappa shape index (κ1) is 14.2. The molecule has 0 rings (SSSR count). The van der Waals surface area contributed by atoms with Crippen LogP contribution in [0, 0.1) is 0 Å². The standard InChI is InChI=1S/C11H24ClNO/c1-5-11(3,7-8-12)13-10(2)6-9-14-4/h10,13H,5-9H2,1-4H3. The highest BCUT2D eigenvalue weighted by Gasteiger charge is 2.22. The van der Waals surface area contributed by atoms with E-state index in [1.165, 1.54) is 0 Å². The summed E-state index contributed by atoms with van der Waals surface area (Å²) < 4.78 is 5.05. The average molecular weight is 222 g/mol. The molecule has 0 aliphatic rings. The summed E-state index contributed by atoms with van der Waals surface area (Å²) in [5.41, 5.74) is 0.176. The maximum Gasteiger partial charge on any atom is 0.0476 e. The summed E-state index contributed by atoms with van der Waals surface area (Å²) in [5, 5.41) is 3.61. The molecule has 0 aromatic rings. The Morgan fingerprint density at radius 3 is 2.57 bits per heavy atom. The van der Waals surface area contributed by atoms with Gasteiger partial charge in [-0.1, -0.05) is 6.92 Å². The Kier molecular flexibility index (Phi) is 7.61. The van der Waals surface area contributed by atoms with E-state index in [1.807, 2.05) is 0 Å². The molecule has 0 aromatic heterocycles. The zero-order valence-electron chi connectivity index (χ0n) is 9.90. The lowest BCUT2D eigenvalue weighted by atomic mass is 9.94. The van der Waals surface area contributed by atoms with Crippen LogP contribution in [-0.2, 0) is 4.74 Å². The summed E-state index contributed by atoms with van der Waals surface area (Å²) in [5.74, 6) is 0.717. The largest absolute Gasteiger partial charge is 0.385 e. The lowest BCUT2D eigenvalue weighted by molar-refractivity contribution is 0.174. The summed E-state index contributed by atoms with van der Waals surface area (Å²) in [7, 11) is 1.74. The molecule has 0 aliphatic heterocycles. The van der Waals surface area contributed by atoms with Gasteiger partial charge in [-0.05, 0) is 33.1 Å². The molecule has 0 bridgehead atoms. The summed E-state index contributed by atoms with van der Waals surface area (Å²) in [6.45, 7) is 7.44. The van der Waals surface area contributed by atoms with E-state index in [4.69, 9.17) is 16.3 Å². The molecular weight excluding hydrogens is 198 g/mol. The molecule has 2 unspecified atom stereocenters. The van der Waals surface area contributed by atoms with Gasteiger partial charge in [0.1, 0.15) is 0 Å². The maximum atomic E-state index is 5.79. The highest BCUT2D eigenvalue weighted by atomic mass is 35.5. The zero-order valence-corrected chi connectivity index (χ0v) is 10.7. The van der Waals surface area contributed by atoms with Gasteiger partial charge >= 0.3 is 0 Å². The van der Waals surface area contributed by atoms with E-state index in [0.717, 1.165) is 25.9 Å². The van der Waals surface area contributed by atoms with Crippen LogP contribution in [0.2, 0.25) is 0 Å². The number of nitrogens with one attached hydrogen (secondary N) is 1. The molecular formula is C11H24ClNO. The van der Waals surface area contributed by atoms with E-state index < -0.39 is 0 Å². The second-order valence-corrected chi connectivity index (χ2v) is 4.56. The van der Waals surface area contributed by atoms with Gasteiger partial charge in [-0.15, -0.1) is 11.6 Å². The van der Waals surface area contributed by atoms with Gasteiger partial charge in [0.05, 0.1) is 0 Å². The van der Waals surface area contributed by atoms with Crippen LogP contribution in [0.15, 0.2) is 0 Å². The average Bonchev–Trinajstić information content (AvgIpc) is 2.15. The van der Waals surface area contributed by atoms with Crippen molar-refractivity contribution in [2.75, 3.05) is 19.6 Å². The quantitative estimate of drug-likeness (QED) is 0.637. The lowest BCUT2D eigenvalue weighted by Crippen LogP contribution is -2.47. The zero-order chi connectivity index (χ0) is 11.0. The van der Waals surface area contributed by atoms with Gasteiger partial charge in [0.25, 0.3) is 0 Å². The summed E-state index contributed by atoms with van der Waals surface area (Å²) in [6.07, 6.45) is 3.17. The van der Waals surface area contributed by atoms with Gasteiger partial charge < -0.3 is 10.1 Å².